The second kappa shape index (κ2) is 6.30. The van der Waals surface area contributed by atoms with Gasteiger partial charge in [-0.05, 0) is 30.3 Å². The second-order valence-electron chi connectivity index (χ2n) is 5.26. The fraction of sp³-hybridized carbons (Fsp3) is 0.176. The first-order valence-corrected chi connectivity index (χ1v) is 7.51. The molecule has 0 unspecified atom stereocenters. The van der Waals surface area contributed by atoms with E-state index < -0.39 is 0 Å². The van der Waals surface area contributed by atoms with E-state index in [0.717, 1.165) is 22.4 Å². The zero-order valence-electron chi connectivity index (χ0n) is 13.2. The van der Waals surface area contributed by atoms with Crippen molar-refractivity contribution in [1.82, 2.24) is 9.97 Å². The number of halogens is 1. The van der Waals surface area contributed by atoms with Gasteiger partial charge in [-0.1, -0.05) is 23.7 Å². The number of aromatic nitrogens is 2. The molecule has 0 bridgehead atoms. The number of nitrogens with zero attached hydrogens (tertiary/aromatic N) is 3. The topological polar surface area (TPSA) is 50.3 Å². The van der Waals surface area contributed by atoms with Crippen molar-refractivity contribution in [1.29, 1.82) is 0 Å². The maximum absolute atomic E-state index is 6.16. The molecule has 0 fully saturated rings. The quantitative estimate of drug-likeness (QED) is 0.781. The molecule has 0 amide bonds. The lowest BCUT2D eigenvalue weighted by Gasteiger charge is -2.16. The number of hydrogen-bond acceptors (Lipinski definition) is 5. The zero-order valence-corrected chi connectivity index (χ0v) is 13.9. The van der Waals surface area contributed by atoms with Gasteiger partial charge in [0.25, 0.3) is 0 Å². The van der Waals surface area contributed by atoms with Crippen LogP contribution in [-0.2, 0) is 0 Å². The predicted molar refractivity (Wildman–Crippen MR) is 95.2 cm³/mol. The lowest BCUT2D eigenvalue weighted by Crippen LogP contribution is -2.13. The standard InChI is InChI=1S/C17H17ClN4O/c1-22(2)16-12-6-4-5-7-14(12)20-17(21-16)19-11-8-9-15(23-3)13(18)10-11/h4-10H,1-3H3,(H,19,20,21). The third kappa shape index (κ3) is 3.14. The molecule has 0 radical (unpaired) electrons. The van der Waals surface area contributed by atoms with Crippen molar-refractivity contribution < 1.29 is 4.74 Å². The molecule has 1 heterocycles. The molecule has 118 valence electrons. The van der Waals surface area contributed by atoms with Crippen LogP contribution in [0.25, 0.3) is 10.9 Å². The first-order chi connectivity index (χ1) is 11.1. The highest BCUT2D eigenvalue weighted by Crippen LogP contribution is 2.29. The van der Waals surface area contributed by atoms with Gasteiger partial charge in [0.2, 0.25) is 5.95 Å². The third-order valence-electron chi connectivity index (χ3n) is 3.41. The molecule has 23 heavy (non-hydrogen) atoms. The van der Waals surface area contributed by atoms with Gasteiger partial charge in [0.15, 0.2) is 0 Å². The summed E-state index contributed by atoms with van der Waals surface area (Å²) in [6, 6.07) is 13.4. The fourth-order valence-electron chi connectivity index (χ4n) is 2.33. The number of rotatable bonds is 4. The molecule has 6 heteroatoms. The van der Waals surface area contributed by atoms with E-state index in [0.29, 0.717) is 16.7 Å². The fourth-order valence-corrected chi connectivity index (χ4v) is 2.59. The van der Waals surface area contributed by atoms with Crippen LogP contribution in [-0.4, -0.2) is 31.2 Å². The van der Waals surface area contributed by atoms with Crippen LogP contribution in [0.15, 0.2) is 42.5 Å². The van der Waals surface area contributed by atoms with Crippen LogP contribution >= 0.6 is 11.6 Å². The molecule has 2 aromatic carbocycles. The Morgan fingerprint density at radius 2 is 1.87 bits per heavy atom. The molecule has 3 rings (SSSR count). The van der Waals surface area contributed by atoms with Crippen LogP contribution in [0.5, 0.6) is 5.75 Å². The summed E-state index contributed by atoms with van der Waals surface area (Å²) in [5, 5.41) is 4.74. The average molecular weight is 329 g/mol. The van der Waals surface area contributed by atoms with E-state index in [1.807, 2.05) is 49.3 Å². The number of hydrogen-bond donors (Lipinski definition) is 1. The van der Waals surface area contributed by atoms with Crippen molar-refractivity contribution in [2.75, 3.05) is 31.4 Å². The van der Waals surface area contributed by atoms with Crippen LogP contribution in [0.3, 0.4) is 0 Å². The van der Waals surface area contributed by atoms with Crippen molar-refractivity contribution in [2.24, 2.45) is 0 Å². The Labute approximate surface area is 139 Å². The first-order valence-electron chi connectivity index (χ1n) is 7.13. The Morgan fingerprint density at radius 1 is 1.09 bits per heavy atom. The van der Waals surface area contributed by atoms with Gasteiger partial charge in [0, 0.05) is 25.2 Å². The SMILES string of the molecule is COc1ccc(Nc2nc(N(C)C)c3ccccc3n2)cc1Cl. The Kier molecular flexibility index (Phi) is 4.21. The number of anilines is 3. The average Bonchev–Trinajstić information content (AvgIpc) is 2.54. The van der Waals surface area contributed by atoms with E-state index >= 15 is 0 Å². The van der Waals surface area contributed by atoms with Crippen molar-refractivity contribution in [3.8, 4) is 5.75 Å². The Balaban J connectivity index is 2.01. The predicted octanol–water partition coefficient (Wildman–Crippen LogP) is 4.10. The molecule has 0 aliphatic carbocycles. The summed E-state index contributed by atoms with van der Waals surface area (Å²) in [6.45, 7) is 0. The van der Waals surface area contributed by atoms with E-state index in [4.69, 9.17) is 16.3 Å². The Hall–Kier alpha value is -2.53. The van der Waals surface area contributed by atoms with Crippen LogP contribution in [0.4, 0.5) is 17.5 Å². The molecule has 5 nitrogen and oxygen atoms in total. The Bertz CT molecular complexity index is 851. The Morgan fingerprint density at radius 3 is 2.57 bits per heavy atom. The molecular formula is C17H17ClN4O. The zero-order chi connectivity index (χ0) is 16.4. The third-order valence-corrected chi connectivity index (χ3v) is 3.71. The molecular weight excluding hydrogens is 312 g/mol. The van der Waals surface area contributed by atoms with Gasteiger partial charge in [-0.25, -0.2) is 4.98 Å². The summed E-state index contributed by atoms with van der Waals surface area (Å²) in [5.41, 5.74) is 1.68. The number of benzene rings is 2. The van der Waals surface area contributed by atoms with Crippen LogP contribution in [0.2, 0.25) is 5.02 Å². The highest BCUT2D eigenvalue weighted by atomic mass is 35.5. The molecule has 1 N–H and O–H groups in total. The maximum Gasteiger partial charge on any atom is 0.229 e. The summed E-state index contributed by atoms with van der Waals surface area (Å²) in [7, 11) is 5.51. The number of para-hydroxylation sites is 1. The lowest BCUT2D eigenvalue weighted by molar-refractivity contribution is 0.415. The summed E-state index contributed by atoms with van der Waals surface area (Å²) in [4.78, 5) is 11.1. The normalized spacial score (nSPS) is 10.6. The van der Waals surface area contributed by atoms with E-state index in [1.54, 1.807) is 19.2 Å². The molecule has 0 atom stereocenters. The minimum atomic E-state index is 0.522. The minimum absolute atomic E-state index is 0.522. The summed E-state index contributed by atoms with van der Waals surface area (Å²) in [5.74, 6) is 2.01. The van der Waals surface area contributed by atoms with Gasteiger partial charge in [0.05, 0.1) is 17.6 Å². The number of ether oxygens (including phenoxy) is 1. The van der Waals surface area contributed by atoms with Crippen molar-refractivity contribution >= 4 is 40.0 Å². The van der Waals surface area contributed by atoms with Gasteiger partial charge in [-0.2, -0.15) is 4.98 Å². The van der Waals surface area contributed by atoms with Crippen molar-refractivity contribution in [2.45, 2.75) is 0 Å². The largest absolute Gasteiger partial charge is 0.495 e. The number of methoxy groups -OCH3 is 1. The lowest BCUT2D eigenvalue weighted by atomic mass is 10.2. The molecule has 1 aromatic heterocycles. The highest BCUT2D eigenvalue weighted by molar-refractivity contribution is 6.32. The van der Waals surface area contributed by atoms with Gasteiger partial charge in [-0.15, -0.1) is 0 Å². The van der Waals surface area contributed by atoms with E-state index in [-0.39, 0.29) is 0 Å². The summed E-state index contributed by atoms with van der Waals surface area (Å²) >= 11 is 6.16. The van der Waals surface area contributed by atoms with Crippen molar-refractivity contribution in [3.63, 3.8) is 0 Å². The monoisotopic (exact) mass is 328 g/mol. The summed E-state index contributed by atoms with van der Waals surface area (Å²) in [6.07, 6.45) is 0. The molecule has 3 aromatic rings. The molecule has 0 saturated carbocycles. The number of nitrogens with one attached hydrogen (secondary N) is 1. The van der Waals surface area contributed by atoms with Gasteiger partial charge >= 0.3 is 0 Å². The van der Waals surface area contributed by atoms with Crippen molar-refractivity contribution in [3.05, 3.63) is 47.5 Å². The molecule has 0 aliphatic heterocycles. The smallest absolute Gasteiger partial charge is 0.229 e. The van der Waals surface area contributed by atoms with E-state index in [2.05, 4.69) is 15.3 Å². The second-order valence-corrected chi connectivity index (χ2v) is 5.66. The first kappa shape index (κ1) is 15.4. The van der Waals surface area contributed by atoms with Crippen LogP contribution in [0, 0.1) is 0 Å². The number of fused-ring (bicyclic) bond motifs is 1. The highest BCUT2D eigenvalue weighted by Gasteiger charge is 2.10. The summed E-state index contributed by atoms with van der Waals surface area (Å²) < 4.78 is 5.16. The molecule has 0 saturated heterocycles. The van der Waals surface area contributed by atoms with E-state index in [1.165, 1.54) is 0 Å². The van der Waals surface area contributed by atoms with Gasteiger partial charge in [0.1, 0.15) is 11.6 Å². The molecule has 0 aliphatic rings. The molecule has 0 spiro atoms. The van der Waals surface area contributed by atoms with E-state index in [9.17, 15) is 0 Å². The van der Waals surface area contributed by atoms with Gasteiger partial charge < -0.3 is 15.0 Å². The van der Waals surface area contributed by atoms with Gasteiger partial charge in [-0.3, -0.25) is 0 Å². The van der Waals surface area contributed by atoms with Crippen LogP contribution < -0.4 is 15.0 Å². The maximum atomic E-state index is 6.16. The van der Waals surface area contributed by atoms with Crippen LogP contribution in [0.1, 0.15) is 0 Å². The minimum Gasteiger partial charge on any atom is -0.495 e.